The molecule has 4 aromatic heterocycles. The molecule has 0 aliphatic carbocycles. The minimum Gasteiger partial charge on any atom is -0.309 e. The second-order valence-electron chi connectivity index (χ2n) is 16.8. The quantitative estimate of drug-likeness (QED) is 0.173. The van der Waals surface area contributed by atoms with Crippen LogP contribution in [0.25, 0.3) is 131 Å². The minimum atomic E-state index is 0.628. The Hall–Kier alpha value is -8.45. The number of nitrogens with zero attached hydrogens (tertiary/aromatic N) is 5. The van der Waals surface area contributed by atoms with Gasteiger partial charge in [-0.05, 0) is 76.8 Å². The first-order valence-corrected chi connectivity index (χ1v) is 22.8. The first kappa shape index (κ1) is 36.1. The Labute approximate surface area is 376 Å². The Morgan fingerprint density at radius 3 is 1.58 bits per heavy atom. The first-order chi connectivity index (χ1) is 32.2. The third-order valence-electron chi connectivity index (χ3n) is 13.2. The maximum Gasteiger partial charge on any atom is 0.165 e. The molecule has 6 heteroatoms. The normalized spacial score (nSPS) is 12.0. The molecule has 14 aromatic rings. The van der Waals surface area contributed by atoms with Gasteiger partial charge >= 0.3 is 0 Å². The maximum absolute atomic E-state index is 5.34. The molecule has 14 rings (SSSR count). The summed E-state index contributed by atoms with van der Waals surface area (Å²) in [7, 11) is 0. The van der Waals surface area contributed by atoms with Crippen molar-refractivity contribution in [3.8, 4) is 45.5 Å². The molecule has 0 aliphatic rings. The molecule has 0 bridgehead atoms. The van der Waals surface area contributed by atoms with Gasteiger partial charge in [0.15, 0.2) is 17.5 Å². The molecule has 0 unspecified atom stereocenters. The van der Waals surface area contributed by atoms with Crippen molar-refractivity contribution in [2.45, 2.75) is 0 Å². The number of thiophene rings is 1. The third-order valence-corrected chi connectivity index (χ3v) is 14.4. The van der Waals surface area contributed by atoms with Crippen molar-refractivity contribution < 1.29 is 0 Å². The van der Waals surface area contributed by atoms with Crippen LogP contribution in [0.1, 0.15) is 0 Å². The lowest BCUT2D eigenvalue weighted by molar-refractivity contribution is 1.08. The highest BCUT2D eigenvalue weighted by molar-refractivity contribution is 7.26. The summed E-state index contributed by atoms with van der Waals surface area (Å²) in [6, 6.07) is 76.1. The molecule has 0 aliphatic heterocycles. The lowest BCUT2D eigenvalue weighted by atomic mass is 10.1. The van der Waals surface area contributed by atoms with Gasteiger partial charge in [0.25, 0.3) is 0 Å². The summed E-state index contributed by atoms with van der Waals surface area (Å²) in [5.41, 5.74) is 9.85. The smallest absolute Gasteiger partial charge is 0.165 e. The second kappa shape index (κ2) is 14.0. The highest BCUT2D eigenvalue weighted by Crippen LogP contribution is 2.45. The fourth-order valence-electron chi connectivity index (χ4n) is 10.2. The summed E-state index contributed by atoms with van der Waals surface area (Å²) < 4.78 is 7.18. The van der Waals surface area contributed by atoms with Crippen molar-refractivity contribution >= 4 is 96.7 Å². The van der Waals surface area contributed by atoms with Crippen molar-refractivity contribution in [3.05, 3.63) is 212 Å². The number of para-hydroxylation sites is 3. The van der Waals surface area contributed by atoms with E-state index in [0.29, 0.717) is 17.5 Å². The predicted molar refractivity (Wildman–Crippen MR) is 273 cm³/mol. The van der Waals surface area contributed by atoms with Gasteiger partial charge in [-0.15, -0.1) is 11.3 Å². The third kappa shape index (κ3) is 5.48. The molecule has 0 saturated carbocycles. The SMILES string of the molecule is c1ccc2cc(-c3nc(-c4ccc(-n5c6ccccc6c6ccccc65)cc4)nc(-c4cccc5c4sc4c(-n6c7ccccc7c7ccc8ccccc8c76)cccc45)n3)ccc2c1. The van der Waals surface area contributed by atoms with Gasteiger partial charge in [0.05, 0.1) is 32.5 Å². The van der Waals surface area contributed by atoms with Crippen LogP contribution in [-0.2, 0) is 0 Å². The molecule has 0 amide bonds. The number of benzene rings is 10. The fraction of sp³-hybridized carbons (Fsp3) is 0. The zero-order valence-corrected chi connectivity index (χ0v) is 35.7. The van der Waals surface area contributed by atoms with Crippen LogP contribution >= 0.6 is 11.3 Å². The molecule has 0 saturated heterocycles. The molecular weight excluding hydrogens is 811 g/mol. The molecule has 0 N–H and O–H groups in total. The first-order valence-electron chi connectivity index (χ1n) is 21.9. The van der Waals surface area contributed by atoms with E-state index in [4.69, 9.17) is 15.0 Å². The molecule has 5 nitrogen and oxygen atoms in total. The second-order valence-corrected chi connectivity index (χ2v) is 17.8. The Bertz CT molecular complexity index is 4200. The summed E-state index contributed by atoms with van der Waals surface area (Å²) in [5, 5.41) is 12.1. The number of hydrogen-bond acceptors (Lipinski definition) is 4. The molecule has 10 aromatic carbocycles. The van der Waals surface area contributed by atoms with Gasteiger partial charge < -0.3 is 9.13 Å². The summed E-state index contributed by atoms with van der Waals surface area (Å²) in [6.45, 7) is 0. The molecule has 0 spiro atoms. The van der Waals surface area contributed by atoms with Crippen LogP contribution in [0.2, 0.25) is 0 Å². The van der Waals surface area contributed by atoms with Gasteiger partial charge in [0.1, 0.15) is 0 Å². The average molecular weight is 846 g/mol. The average Bonchev–Trinajstić information content (AvgIpc) is 4.04. The standard InChI is InChI=1S/C59H35N5S/c1-2-15-39-35-40(28-27-36(39)13-1)58-60-57(38-29-32-41(33-30-38)63-50-23-8-5-17-43(50)44-18-6-9-24-51(44)63)61-59(62-58)49-22-11-20-47-48-21-12-26-53(56(48)65-55(47)49)64-52-25-10-7-19-45(52)46-34-31-37-14-3-4-16-42(37)54(46)64/h1-35H. The Morgan fingerprint density at radius 2 is 0.846 bits per heavy atom. The number of aromatic nitrogens is 5. The van der Waals surface area contributed by atoms with E-state index < -0.39 is 0 Å². The van der Waals surface area contributed by atoms with Crippen LogP contribution in [0.3, 0.4) is 0 Å². The van der Waals surface area contributed by atoms with Gasteiger partial charge in [-0.1, -0.05) is 152 Å². The Kier molecular flexibility index (Phi) is 7.79. The summed E-state index contributed by atoms with van der Waals surface area (Å²) in [5.74, 6) is 1.91. The van der Waals surface area contributed by atoms with Crippen molar-refractivity contribution in [3.63, 3.8) is 0 Å². The molecular formula is C59H35N5S. The van der Waals surface area contributed by atoms with E-state index >= 15 is 0 Å². The van der Waals surface area contributed by atoms with E-state index in [1.54, 1.807) is 0 Å². The van der Waals surface area contributed by atoms with E-state index in [-0.39, 0.29) is 0 Å². The van der Waals surface area contributed by atoms with E-state index in [1.165, 1.54) is 75.2 Å². The molecule has 302 valence electrons. The highest BCUT2D eigenvalue weighted by atomic mass is 32.1. The molecule has 0 fully saturated rings. The summed E-state index contributed by atoms with van der Waals surface area (Å²) in [6.07, 6.45) is 0. The fourth-order valence-corrected chi connectivity index (χ4v) is 11.5. The van der Waals surface area contributed by atoms with Gasteiger partial charge in [0.2, 0.25) is 0 Å². The van der Waals surface area contributed by atoms with Crippen LogP contribution in [0.4, 0.5) is 0 Å². The van der Waals surface area contributed by atoms with Gasteiger partial charge in [-0.2, -0.15) is 0 Å². The monoisotopic (exact) mass is 845 g/mol. The van der Waals surface area contributed by atoms with Crippen LogP contribution in [0, 0.1) is 0 Å². The van der Waals surface area contributed by atoms with Crippen molar-refractivity contribution in [2.75, 3.05) is 0 Å². The Morgan fingerprint density at radius 1 is 0.323 bits per heavy atom. The van der Waals surface area contributed by atoms with Crippen molar-refractivity contribution in [2.24, 2.45) is 0 Å². The topological polar surface area (TPSA) is 48.5 Å². The van der Waals surface area contributed by atoms with Gasteiger partial charge in [-0.3, -0.25) is 0 Å². The van der Waals surface area contributed by atoms with E-state index in [1.807, 2.05) is 11.3 Å². The van der Waals surface area contributed by atoms with E-state index in [2.05, 4.69) is 221 Å². The lowest BCUT2D eigenvalue weighted by Crippen LogP contribution is -2.01. The molecule has 0 atom stereocenters. The van der Waals surface area contributed by atoms with Crippen LogP contribution in [0.15, 0.2) is 212 Å². The highest BCUT2D eigenvalue weighted by Gasteiger charge is 2.21. The summed E-state index contributed by atoms with van der Waals surface area (Å²) >= 11 is 1.81. The van der Waals surface area contributed by atoms with Gasteiger partial charge in [0, 0.05) is 64.8 Å². The largest absolute Gasteiger partial charge is 0.309 e. The lowest BCUT2D eigenvalue weighted by Gasteiger charge is -2.11. The molecule has 65 heavy (non-hydrogen) atoms. The summed E-state index contributed by atoms with van der Waals surface area (Å²) in [4.78, 5) is 15.9. The zero-order valence-electron chi connectivity index (χ0n) is 34.9. The van der Waals surface area contributed by atoms with Crippen molar-refractivity contribution in [1.29, 1.82) is 0 Å². The van der Waals surface area contributed by atoms with E-state index in [0.717, 1.165) is 38.2 Å². The minimum absolute atomic E-state index is 0.628. The molecule has 0 radical (unpaired) electrons. The van der Waals surface area contributed by atoms with Crippen molar-refractivity contribution in [1.82, 2.24) is 24.1 Å². The van der Waals surface area contributed by atoms with Crippen LogP contribution < -0.4 is 0 Å². The van der Waals surface area contributed by atoms with Crippen LogP contribution in [-0.4, -0.2) is 24.1 Å². The zero-order chi connectivity index (χ0) is 42.6. The maximum atomic E-state index is 5.34. The number of fused-ring (bicyclic) bond motifs is 12. The predicted octanol–water partition coefficient (Wildman–Crippen LogP) is 15.7. The Balaban J connectivity index is 0.974. The van der Waals surface area contributed by atoms with Crippen LogP contribution in [0.5, 0.6) is 0 Å². The van der Waals surface area contributed by atoms with E-state index in [9.17, 15) is 0 Å². The number of hydrogen-bond donors (Lipinski definition) is 0. The van der Waals surface area contributed by atoms with Gasteiger partial charge in [-0.25, -0.2) is 15.0 Å². The molecule has 4 heterocycles. The number of rotatable bonds is 5.